The molecule has 2 unspecified atom stereocenters. The van der Waals surface area contributed by atoms with Crippen LogP contribution >= 0.6 is 11.6 Å². The van der Waals surface area contributed by atoms with E-state index in [-0.39, 0.29) is 0 Å². The number of aliphatic hydroxyl groups excluding tert-OH is 1. The van der Waals surface area contributed by atoms with Crippen molar-refractivity contribution in [3.05, 3.63) is 99.8 Å². The summed E-state index contributed by atoms with van der Waals surface area (Å²) in [6, 6.07) is 16.8. The highest BCUT2D eigenvalue weighted by atomic mass is 35.5. The molecule has 37 heavy (non-hydrogen) atoms. The Morgan fingerprint density at radius 1 is 1.16 bits per heavy atom. The predicted octanol–water partition coefficient (Wildman–Crippen LogP) is 4.63. The molecule has 0 saturated carbocycles. The number of hydrogen-bond donors (Lipinski definition) is 3. The molecule has 2 aliphatic rings. The van der Waals surface area contributed by atoms with Gasteiger partial charge >= 0.3 is 0 Å². The molecule has 3 heterocycles. The van der Waals surface area contributed by atoms with Crippen molar-refractivity contribution >= 4 is 17.2 Å². The van der Waals surface area contributed by atoms with Crippen LogP contribution in [0.15, 0.2) is 66.9 Å². The van der Waals surface area contributed by atoms with E-state index < -0.39 is 17.3 Å². The van der Waals surface area contributed by atoms with E-state index in [0.717, 1.165) is 46.7 Å². The van der Waals surface area contributed by atoms with Gasteiger partial charge in [-0.3, -0.25) is 4.98 Å². The molecular formula is C30H33ClN2O4. The summed E-state index contributed by atoms with van der Waals surface area (Å²) < 4.78 is 6.09. The molecular weight excluding hydrogens is 488 g/mol. The van der Waals surface area contributed by atoms with Gasteiger partial charge in [-0.1, -0.05) is 41.9 Å². The lowest BCUT2D eigenvalue weighted by atomic mass is 9.82. The number of aliphatic hydroxyl groups is 3. The molecule has 1 saturated heterocycles. The third-order valence-electron chi connectivity index (χ3n) is 7.45. The summed E-state index contributed by atoms with van der Waals surface area (Å²) in [5.41, 5.74) is 3.09. The highest BCUT2D eigenvalue weighted by Gasteiger charge is 2.41. The first-order valence-corrected chi connectivity index (χ1v) is 13.1. The number of pyridine rings is 1. The van der Waals surface area contributed by atoms with Crippen molar-refractivity contribution in [3.8, 4) is 5.75 Å². The molecule has 1 aromatic heterocycles. The van der Waals surface area contributed by atoms with Gasteiger partial charge in [-0.05, 0) is 73.7 Å². The number of nitrogens with zero attached hydrogens (tertiary/aromatic N) is 2. The molecule has 1 fully saturated rings. The molecule has 2 aromatic carbocycles. The number of hydrogen-bond acceptors (Lipinski definition) is 6. The smallest absolute Gasteiger partial charge is 0.131 e. The summed E-state index contributed by atoms with van der Waals surface area (Å²) in [6.45, 7) is 5.71. The van der Waals surface area contributed by atoms with E-state index in [0.29, 0.717) is 36.7 Å². The van der Waals surface area contributed by atoms with Crippen molar-refractivity contribution in [1.82, 2.24) is 9.88 Å². The third-order valence-corrected chi connectivity index (χ3v) is 7.70. The van der Waals surface area contributed by atoms with Gasteiger partial charge in [0.1, 0.15) is 18.0 Å². The van der Waals surface area contributed by atoms with Gasteiger partial charge < -0.3 is 25.0 Å². The molecule has 2 atom stereocenters. The lowest BCUT2D eigenvalue weighted by molar-refractivity contribution is -0.124. The number of fused-ring (bicyclic) bond motifs is 2. The second kappa shape index (κ2) is 10.2. The molecule has 0 bridgehead atoms. The van der Waals surface area contributed by atoms with Crippen molar-refractivity contribution < 1.29 is 20.1 Å². The van der Waals surface area contributed by atoms with Crippen LogP contribution in [-0.2, 0) is 17.8 Å². The third kappa shape index (κ3) is 5.31. The Labute approximate surface area is 222 Å². The second-order valence-corrected chi connectivity index (χ2v) is 10.9. The number of ether oxygens (including phenoxy) is 1. The van der Waals surface area contributed by atoms with E-state index in [2.05, 4.69) is 22.0 Å². The predicted molar refractivity (Wildman–Crippen MR) is 144 cm³/mol. The van der Waals surface area contributed by atoms with Gasteiger partial charge in [0.15, 0.2) is 0 Å². The average molecular weight is 521 g/mol. The van der Waals surface area contributed by atoms with Crippen LogP contribution in [0.4, 0.5) is 0 Å². The van der Waals surface area contributed by atoms with Gasteiger partial charge in [0, 0.05) is 42.0 Å². The number of benzene rings is 2. The molecule has 3 aromatic rings. The molecule has 0 aliphatic carbocycles. The highest BCUT2D eigenvalue weighted by molar-refractivity contribution is 6.30. The molecule has 7 heteroatoms. The van der Waals surface area contributed by atoms with Crippen LogP contribution in [0.2, 0.25) is 5.02 Å². The molecule has 0 radical (unpaired) electrons. The van der Waals surface area contributed by atoms with Crippen LogP contribution in [0, 0.1) is 0 Å². The first-order valence-electron chi connectivity index (χ1n) is 12.7. The van der Waals surface area contributed by atoms with E-state index in [4.69, 9.17) is 16.3 Å². The van der Waals surface area contributed by atoms with Crippen molar-refractivity contribution in [2.75, 3.05) is 19.6 Å². The minimum atomic E-state index is -1.28. The van der Waals surface area contributed by atoms with Gasteiger partial charge in [0.25, 0.3) is 0 Å². The van der Waals surface area contributed by atoms with Crippen LogP contribution in [-0.4, -0.2) is 50.9 Å². The fourth-order valence-corrected chi connectivity index (χ4v) is 5.33. The summed E-state index contributed by atoms with van der Waals surface area (Å²) in [5, 5.41) is 33.3. The SMILES string of the molecule is CC(C)(O)c1ccc2c(c1)C(=CCCN1CCC(O)(c3ccc(Cl)cc3)C(O)C1)c1cccnc1CO2. The number of piperidine rings is 1. The number of β-amino-alcohol motifs (C(OH)–C–C–N with tert-alkyl or cyclic N) is 1. The first-order chi connectivity index (χ1) is 17.6. The van der Waals surface area contributed by atoms with E-state index in [9.17, 15) is 15.3 Å². The minimum absolute atomic E-state index is 0.378. The second-order valence-electron chi connectivity index (χ2n) is 10.5. The van der Waals surface area contributed by atoms with Crippen molar-refractivity contribution in [2.24, 2.45) is 0 Å². The van der Waals surface area contributed by atoms with Gasteiger partial charge in [-0.25, -0.2) is 0 Å². The fourth-order valence-electron chi connectivity index (χ4n) is 5.21. The van der Waals surface area contributed by atoms with Crippen molar-refractivity contribution in [1.29, 1.82) is 0 Å². The van der Waals surface area contributed by atoms with Crippen molar-refractivity contribution in [2.45, 2.75) is 50.6 Å². The fraction of sp³-hybridized carbons (Fsp3) is 0.367. The molecule has 6 nitrogen and oxygen atoms in total. The monoisotopic (exact) mass is 520 g/mol. The number of aromatic nitrogens is 1. The van der Waals surface area contributed by atoms with Crippen LogP contribution in [0.5, 0.6) is 5.75 Å². The maximum Gasteiger partial charge on any atom is 0.131 e. The average Bonchev–Trinajstić information content (AvgIpc) is 3.03. The Morgan fingerprint density at radius 3 is 2.68 bits per heavy atom. The van der Waals surface area contributed by atoms with Gasteiger partial charge in [-0.2, -0.15) is 0 Å². The Hall–Kier alpha value is -2.74. The summed E-state index contributed by atoms with van der Waals surface area (Å²) in [5.74, 6) is 0.763. The van der Waals surface area contributed by atoms with E-state index in [1.807, 2.05) is 24.3 Å². The molecule has 5 rings (SSSR count). The standard InChI is InChI=1S/C30H33ClN2O4/c1-29(2,35)21-9-12-27-25(17-21)23(24-5-3-14-32-26(24)19-37-27)6-4-15-33-16-13-30(36,28(34)18-33)20-7-10-22(31)11-8-20/h3,5-12,14,17,28,34-36H,4,13,15-16,18-19H2,1-2H3. The number of likely N-dealkylation sites (tertiary alicyclic amines) is 1. The van der Waals surface area contributed by atoms with Crippen molar-refractivity contribution in [3.63, 3.8) is 0 Å². The quantitative estimate of drug-likeness (QED) is 0.455. The Morgan fingerprint density at radius 2 is 1.95 bits per heavy atom. The van der Waals surface area contributed by atoms with Gasteiger partial charge in [0.2, 0.25) is 0 Å². The summed E-state index contributed by atoms with van der Waals surface area (Å²) in [6.07, 6.45) is 4.23. The van der Waals surface area contributed by atoms with Crippen LogP contribution in [0.1, 0.15) is 54.6 Å². The molecule has 194 valence electrons. The Bertz CT molecular complexity index is 1300. The zero-order valence-corrected chi connectivity index (χ0v) is 21.9. The number of rotatable bonds is 5. The highest BCUT2D eigenvalue weighted by Crippen LogP contribution is 2.39. The van der Waals surface area contributed by atoms with Gasteiger partial charge in [0.05, 0.1) is 17.4 Å². The topological polar surface area (TPSA) is 86.1 Å². The summed E-state index contributed by atoms with van der Waals surface area (Å²) >= 11 is 6.00. The molecule has 0 amide bonds. The molecule has 0 spiro atoms. The normalized spacial score (nSPS) is 23.2. The lowest BCUT2D eigenvalue weighted by Gasteiger charge is -2.42. The van der Waals surface area contributed by atoms with Gasteiger partial charge in [-0.15, -0.1) is 0 Å². The first kappa shape index (κ1) is 25.9. The summed E-state index contributed by atoms with van der Waals surface area (Å²) in [7, 11) is 0. The zero-order chi connectivity index (χ0) is 26.2. The largest absolute Gasteiger partial charge is 0.487 e. The lowest BCUT2D eigenvalue weighted by Crippen LogP contribution is -2.53. The number of halogens is 1. The molecule has 3 N–H and O–H groups in total. The Kier molecular flexibility index (Phi) is 7.14. The zero-order valence-electron chi connectivity index (χ0n) is 21.2. The molecule has 2 aliphatic heterocycles. The van der Waals surface area contributed by atoms with E-state index in [1.165, 1.54) is 0 Å². The summed E-state index contributed by atoms with van der Waals surface area (Å²) in [4.78, 5) is 6.73. The van der Waals surface area contributed by atoms with Crippen LogP contribution < -0.4 is 4.74 Å². The maximum atomic E-state index is 11.2. The van der Waals surface area contributed by atoms with E-state index in [1.54, 1.807) is 44.3 Å². The maximum absolute atomic E-state index is 11.2. The van der Waals surface area contributed by atoms with E-state index >= 15 is 0 Å². The van der Waals surface area contributed by atoms with Crippen LogP contribution in [0.3, 0.4) is 0 Å². The minimum Gasteiger partial charge on any atom is -0.487 e. The van der Waals surface area contributed by atoms with Crippen LogP contribution in [0.25, 0.3) is 5.57 Å². The Balaban J connectivity index is 1.37.